The van der Waals surface area contributed by atoms with Crippen molar-refractivity contribution in [2.24, 2.45) is 4.36 Å². The summed E-state index contributed by atoms with van der Waals surface area (Å²) in [5.41, 5.74) is 1.82. The van der Waals surface area contributed by atoms with Gasteiger partial charge in [0.1, 0.15) is 5.75 Å². The van der Waals surface area contributed by atoms with E-state index >= 15 is 0 Å². The third kappa shape index (κ3) is 3.78. The molecule has 0 spiro atoms. The molecule has 122 valence electrons. The van der Waals surface area contributed by atoms with Gasteiger partial charge in [0.25, 0.3) is 5.91 Å². The number of phenolic OH excluding ortho intramolecular Hbond substituents is 1. The standard InChI is InChI=1S/C18H15N2O3S/c21-16-8-6-13(7-9-16)14-10-15(12-19-11-14)18(22)20-24(23)17-4-2-1-3-5-17/h1-4,6-12,17,21H,5H2/q-1. The van der Waals surface area contributed by atoms with Crippen molar-refractivity contribution in [3.63, 3.8) is 0 Å². The van der Waals surface area contributed by atoms with Gasteiger partial charge in [0, 0.05) is 18.0 Å². The van der Waals surface area contributed by atoms with E-state index in [-0.39, 0.29) is 16.6 Å². The van der Waals surface area contributed by atoms with Gasteiger partial charge in [0.05, 0.1) is 5.56 Å². The Kier molecular flexibility index (Phi) is 4.86. The van der Waals surface area contributed by atoms with E-state index in [9.17, 15) is 14.1 Å². The lowest BCUT2D eigenvalue weighted by Crippen LogP contribution is -2.08. The Bertz CT molecular complexity index is 895. The minimum Gasteiger partial charge on any atom is -0.508 e. The molecule has 0 saturated heterocycles. The zero-order valence-corrected chi connectivity index (χ0v) is 13.5. The molecular weight excluding hydrogens is 324 g/mol. The van der Waals surface area contributed by atoms with E-state index in [1.165, 1.54) is 6.20 Å². The molecule has 0 radical (unpaired) electrons. The van der Waals surface area contributed by atoms with E-state index in [0.29, 0.717) is 6.42 Å². The summed E-state index contributed by atoms with van der Waals surface area (Å²) in [5, 5.41) is 9.07. The molecule has 0 bridgehead atoms. The van der Waals surface area contributed by atoms with Crippen LogP contribution in [0, 0.1) is 0 Å². The fraction of sp³-hybridized carbons (Fsp3) is 0.111. The summed E-state index contributed by atoms with van der Waals surface area (Å²) >= 11 is 0. The Hall–Kier alpha value is -2.73. The third-order valence-electron chi connectivity index (χ3n) is 3.56. The number of hydrogen-bond donors (Lipinski definition) is 1. The van der Waals surface area contributed by atoms with Crippen molar-refractivity contribution < 1.29 is 14.1 Å². The predicted molar refractivity (Wildman–Crippen MR) is 92.8 cm³/mol. The maximum absolute atomic E-state index is 12.3. The van der Waals surface area contributed by atoms with E-state index in [1.54, 1.807) is 48.7 Å². The predicted octanol–water partition coefficient (Wildman–Crippen LogP) is 3.63. The van der Waals surface area contributed by atoms with Crippen LogP contribution in [-0.4, -0.2) is 21.2 Å². The molecule has 6 heteroatoms. The van der Waals surface area contributed by atoms with Crippen LogP contribution in [0.3, 0.4) is 0 Å². The molecule has 24 heavy (non-hydrogen) atoms. The van der Waals surface area contributed by atoms with Crippen molar-refractivity contribution >= 4 is 16.5 Å². The smallest absolute Gasteiger partial charge is 0.255 e. The minimum atomic E-state index is -1.61. The monoisotopic (exact) mass is 339 g/mol. The summed E-state index contributed by atoms with van der Waals surface area (Å²) < 4.78 is 16.0. The number of aromatic hydroxyl groups is 1. The van der Waals surface area contributed by atoms with E-state index in [2.05, 4.69) is 9.35 Å². The molecule has 2 aromatic rings. The number of benzene rings is 1. The van der Waals surface area contributed by atoms with Gasteiger partial charge >= 0.3 is 0 Å². The van der Waals surface area contributed by atoms with Crippen molar-refractivity contribution in [3.8, 4) is 16.9 Å². The van der Waals surface area contributed by atoms with Crippen LogP contribution >= 0.6 is 0 Å². The zero-order chi connectivity index (χ0) is 16.9. The summed E-state index contributed by atoms with van der Waals surface area (Å²) in [6.07, 6.45) is 11.0. The van der Waals surface area contributed by atoms with Crippen molar-refractivity contribution in [1.29, 1.82) is 0 Å². The first-order valence-corrected chi connectivity index (χ1v) is 8.55. The molecule has 0 aliphatic heterocycles. The summed E-state index contributed by atoms with van der Waals surface area (Å²) in [6, 6.07) is 8.24. The molecule has 0 saturated carbocycles. The summed E-state index contributed by atoms with van der Waals surface area (Å²) in [4.78, 5) is 16.3. The molecule has 1 N–H and O–H groups in total. The molecule has 1 aromatic heterocycles. The summed E-state index contributed by atoms with van der Waals surface area (Å²) in [6.45, 7) is 0. The second-order valence-corrected chi connectivity index (χ2v) is 6.61. The highest BCUT2D eigenvalue weighted by Gasteiger charge is 2.06. The van der Waals surface area contributed by atoms with Gasteiger partial charge in [0.2, 0.25) is 0 Å². The highest BCUT2D eigenvalue weighted by atomic mass is 32.2. The lowest BCUT2D eigenvalue weighted by atomic mass is 10.1. The van der Waals surface area contributed by atoms with E-state index in [4.69, 9.17) is 0 Å². The van der Waals surface area contributed by atoms with Crippen molar-refractivity contribution in [3.05, 3.63) is 72.6 Å². The second-order valence-electron chi connectivity index (χ2n) is 5.27. The highest BCUT2D eigenvalue weighted by Crippen LogP contribution is 2.22. The molecule has 3 rings (SSSR count). The number of carbonyl (C=O) groups is 1. The molecule has 1 aliphatic rings. The maximum Gasteiger partial charge on any atom is 0.255 e. The Morgan fingerprint density at radius 1 is 1.17 bits per heavy atom. The van der Waals surface area contributed by atoms with Crippen LogP contribution in [0.5, 0.6) is 5.75 Å². The van der Waals surface area contributed by atoms with Crippen LogP contribution in [0.4, 0.5) is 0 Å². The largest absolute Gasteiger partial charge is 0.508 e. The number of nitrogens with zero attached hydrogens (tertiary/aromatic N) is 2. The average Bonchev–Trinajstić information content (AvgIpc) is 2.63. The van der Waals surface area contributed by atoms with Crippen LogP contribution in [0.25, 0.3) is 11.1 Å². The number of allylic oxidation sites excluding steroid dienone is 3. The van der Waals surface area contributed by atoms with Gasteiger partial charge in [-0.15, -0.1) is 0 Å². The topological polar surface area (TPSA) is 79.6 Å². The van der Waals surface area contributed by atoms with Crippen molar-refractivity contribution in [2.45, 2.75) is 11.7 Å². The Labute approximate surface area is 141 Å². The van der Waals surface area contributed by atoms with Gasteiger partial charge in [-0.1, -0.05) is 41.7 Å². The zero-order valence-electron chi connectivity index (χ0n) is 12.7. The number of aromatic nitrogens is 1. The van der Waals surface area contributed by atoms with Crippen LogP contribution < -0.4 is 0 Å². The van der Waals surface area contributed by atoms with E-state index in [0.717, 1.165) is 11.1 Å². The molecule has 1 aromatic carbocycles. The Morgan fingerprint density at radius 2 is 1.96 bits per heavy atom. The molecule has 0 fully saturated rings. The molecular formula is C18H15N2O3S-. The van der Waals surface area contributed by atoms with Gasteiger partial charge in [-0.3, -0.25) is 9.78 Å². The SMILES string of the molecule is O=C(N=[S-](=O)C1C=CC=CC1)c1cncc(-c2ccc(O)cc2)c1. The first-order chi connectivity index (χ1) is 11.6. The van der Waals surface area contributed by atoms with Gasteiger partial charge in [-0.2, -0.15) is 10.6 Å². The maximum atomic E-state index is 12.3. The van der Waals surface area contributed by atoms with Crippen LogP contribution in [0.15, 0.2) is 71.4 Å². The number of phenols is 1. The lowest BCUT2D eigenvalue weighted by Gasteiger charge is -2.15. The molecule has 1 aliphatic carbocycles. The summed E-state index contributed by atoms with van der Waals surface area (Å²) in [5.74, 6) is -0.386. The Balaban J connectivity index is 1.84. The fourth-order valence-corrected chi connectivity index (χ4v) is 3.18. The third-order valence-corrected chi connectivity index (χ3v) is 4.77. The number of amides is 1. The van der Waals surface area contributed by atoms with Gasteiger partial charge in [-0.05, 0) is 30.2 Å². The Morgan fingerprint density at radius 3 is 2.67 bits per heavy atom. The minimum absolute atomic E-state index is 0.166. The van der Waals surface area contributed by atoms with E-state index < -0.39 is 16.5 Å². The first-order valence-electron chi connectivity index (χ1n) is 7.38. The highest BCUT2D eigenvalue weighted by molar-refractivity contribution is 7.76. The van der Waals surface area contributed by atoms with Crippen molar-refractivity contribution in [2.75, 3.05) is 0 Å². The molecule has 1 unspecified atom stereocenters. The second kappa shape index (κ2) is 7.23. The van der Waals surface area contributed by atoms with Crippen molar-refractivity contribution in [1.82, 2.24) is 4.98 Å². The normalized spacial score (nSPS) is 17.8. The lowest BCUT2D eigenvalue weighted by molar-refractivity contribution is 0.100. The fourth-order valence-electron chi connectivity index (χ4n) is 2.28. The quantitative estimate of drug-likeness (QED) is 0.866. The number of pyridine rings is 1. The number of hydrogen-bond acceptors (Lipinski definition) is 5. The van der Waals surface area contributed by atoms with Crippen LogP contribution in [0.2, 0.25) is 0 Å². The average molecular weight is 339 g/mol. The van der Waals surface area contributed by atoms with Gasteiger partial charge in [-0.25, -0.2) is 0 Å². The molecule has 1 heterocycles. The number of carbonyl (C=O) groups excluding carboxylic acids is 1. The van der Waals surface area contributed by atoms with Crippen LogP contribution in [-0.2, 0) is 14.8 Å². The van der Waals surface area contributed by atoms with Gasteiger partial charge < -0.3 is 13.7 Å². The van der Waals surface area contributed by atoms with E-state index in [1.807, 2.05) is 12.2 Å². The molecule has 1 atom stereocenters. The van der Waals surface area contributed by atoms with Gasteiger partial charge in [0.15, 0.2) is 0 Å². The van der Waals surface area contributed by atoms with Crippen LogP contribution in [0.1, 0.15) is 16.8 Å². The first kappa shape index (κ1) is 16.1. The summed E-state index contributed by atoms with van der Waals surface area (Å²) in [7, 11) is -1.61. The molecule has 5 nitrogen and oxygen atoms in total. The number of rotatable bonds is 3. The molecule has 1 amide bonds.